The monoisotopic (exact) mass is 177 g/mol. The number of hydrogen-bond donors (Lipinski definition) is 1. The van der Waals surface area contributed by atoms with E-state index in [-0.39, 0.29) is 0 Å². The number of amides is 1. The van der Waals surface area contributed by atoms with Crippen LogP contribution in [0.5, 0.6) is 0 Å². The van der Waals surface area contributed by atoms with Crippen molar-refractivity contribution < 1.29 is 9.59 Å². The summed E-state index contributed by atoms with van der Waals surface area (Å²) in [4.78, 5) is 18.0. The van der Waals surface area contributed by atoms with Gasteiger partial charge in [0.15, 0.2) is 0 Å². The molecule has 6 heteroatoms. The van der Waals surface area contributed by atoms with Crippen molar-refractivity contribution in [2.24, 2.45) is 5.73 Å². The first-order chi connectivity index (χ1) is 3.46. The Kier molecular flexibility index (Phi) is 9.55. The van der Waals surface area contributed by atoms with Gasteiger partial charge >= 0.3 is 10.1 Å². The molecule has 0 saturated carbocycles. The van der Waals surface area contributed by atoms with Crippen molar-refractivity contribution in [2.75, 3.05) is 0 Å². The summed E-state index contributed by atoms with van der Waals surface area (Å²) in [6.45, 7) is 0. The van der Waals surface area contributed by atoms with E-state index in [0.717, 1.165) is 0 Å². The summed E-state index contributed by atoms with van der Waals surface area (Å²) in [5, 5.41) is -0.861. The van der Waals surface area contributed by atoms with E-state index < -0.39 is 10.1 Å². The van der Waals surface area contributed by atoms with Crippen molar-refractivity contribution in [1.29, 1.82) is 0 Å². The predicted molar refractivity (Wildman–Crippen MR) is 32.5 cm³/mol. The highest BCUT2D eigenvalue weighted by atomic mass is 35.5. The maximum absolute atomic E-state index is 8.99. The molecule has 0 heterocycles. The molecular weight excluding hydrogens is 176 g/mol. The Morgan fingerprint density at radius 3 is 1.12 bits per heavy atom. The lowest BCUT2D eigenvalue weighted by atomic mass is 11.5. The van der Waals surface area contributed by atoms with E-state index in [0.29, 0.717) is 0 Å². The molecule has 1 amide bonds. The van der Waals surface area contributed by atoms with E-state index in [1.54, 1.807) is 0 Å². The van der Waals surface area contributed by atoms with Crippen molar-refractivity contribution >= 4 is 44.9 Å². The first-order valence-electron chi connectivity index (χ1n) is 1.26. The van der Waals surface area contributed by atoms with Gasteiger partial charge in [0.25, 0.3) is 0 Å². The zero-order valence-electron chi connectivity index (χ0n) is 3.53. The van der Waals surface area contributed by atoms with Crippen LogP contribution in [0.4, 0.5) is 9.59 Å². The maximum atomic E-state index is 8.99. The molecule has 0 rings (SSSR count). The second kappa shape index (κ2) is 7.01. The molecule has 0 spiro atoms. The standard InChI is InChI=1S/CCl2O.CH2ClNO/c2*2-1(3)4/h;(H2,3,4). The van der Waals surface area contributed by atoms with Crippen LogP contribution in [0.2, 0.25) is 0 Å². The lowest BCUT2D eigenvalue weighted by molar-refractivity contribution is 0.266. The van der Waals surface area contributed by atoms with Crippen molar-refractivity contribution in [2.45, 2.75) is 0 Å². The van der Waals surface area contributed by atoms with Crippen LogP contribution >= 0.6 is 34.8 Å². The summed E-state index contributed by atoms with van der Waals surface area (Å²) in [7, 11) is 0. The summed E-state index contributed by atoms with van der Waals surface area (Å²) >= 11 is 13.2. The highest BCUT2D eigenvalue weighted by Crippen LogP contribution is 1.84. The quantitative estimate of drug-likeness (QED) is 0.455. The van der Waals surface area contributed by atoms with Crippen LogP contribution in [0.3, 0.4) is 0 Å². The molecule has 0 aliphatic rings. The summed E-state index contributed by atoms with van der Waals surface area (Å²) in [6.07, 6.45) is 0. The second-order valence-corrected chi connectivity index (χ2v) is 1.78. The summed E-state index contributed by atoms with van der Waals surface area (Å²) in [5.74, 6) is 0. The van der Waals surface area contributed by atoms with Gasteiger partial charge in [-0.25, -0.2) is 0 Å². The first-order valence-corrected chi connectivity index (χ1v) is 2.40. The Morgan fingerprint density at radius 1 is 1.12 bits per heavy atom. The SMILES string of the molecule is NC(=O)Cl.O=C(Cl)Cl. The number of rotatable bonds is 0. The number of nitrogens with two attached hydrogens (primary N) is 1. The van der Waals surface area contributed by atoms with Crippen LogP contribution in [-0.2, 0) is 0 Å². The fourth-order valence-corrected chi connectivity index (χ4v) is 0. The Morgan fingerprint density at radius 2 is 1.12 bits per heavy atom. The normalized spacial score (nSPS) is 6.38. The smallest absolute Gasteiger partial charge is 0.313 e. The molecule has 0 aromatic heterocycles. The van der Waals surface area contributed by atoms with Crippen LogP contribution in [0.15, 0.2) is 0 Å². The van der Waals surface area contributed by atoms with Gasteiger partial charge in [0, 0.05) is 0 Å². The first kappa shape index (κ1) is 10.9. The molecular formula is C2H2Cl3NO2. The fraction of sp³-hybridized carbons (Fsp3) is 0. The fourth-order valence-electron chi connectivity index (χ4n) is 0. The molecule has 0 saturated heterocycles. The molecule has 0 aromatic rings. The molecule has 0 bridgehead atoms. The van der Waals surface area contributed by atoms with Crippen molar-refractivity contribution in [3.05, 3.63) is 0 Å². The molecule has 0 fully saturated rings. The molecule has 2 N–H and O–H groups in total. The molecule has 0 radical (unpaired) electrons. The van der Waals surface area contributed by atoms with Gasteiger partial charge in [-0.1, -0.05) is 0 Å². The van der Waals surface area contributed by atoms with Gasteiger partial charge in [-0.2, -0.15) is 0 Å². The van der Waals surface area contributed by atoms with Crippen molar-refractivity contribution in [3.8, 4) is 0 Å². The van der Waals surface area contributed by atoms with Crippen LogP contribution in [-0.4, -0.2) is 10.1 Å². The highest BCUT2D eigenvalue weighted by molar-refractivity contribution is 6.93. The molecule has 0 atom stereocenters. The van der Waals surface area contributed by atoms with Gasteiger partial charge in [0.05, 0.1) is 0 Å². The molecule has 0 aliphatic carbocycles. The number of primary amides is 1. The minimum Gasteiger partial charge on any atom is -0.356 e. The van der Waals surface area contributed by atoms with Gasteiger partial charge in [0.1, 0.15) is 0 Å². The average Bonchev–Trinajstić information content (AvgIpc) is 1.25. The third kappa shape index (κ3) is 1510000. The van der Waals surface area contributed by atoms with Gasteiger partial charge < -0.3 is 5.73 Å². The zero-order chi connectivity index (χ0) is 7.15. The zero-order valence-corrected chi connectivity index (χ0v) is 5.80. The van der Waals surface area contributed by atoms with Crippen LogP contribution in [0.25, 0.3) is 0 Å². The topological polar surface area (TPSA) is 60.2 Å². The molecule has 3 nitrogen and oxygen atoms in total. The van der Waals surface area contributed by atoms with E-state index in [4.69, 9.17) is 9.59 Å². The van der Waals surface area contributed by atoms with Gasteiger partial charge in [0.2, 0.25) is 0 Å². The highest BCUT2D eigenvalue weighted by Gasteiger charge is 1.72. The number of carbonyl (C=O) groups is 2. The summed E-state index contributed by atoms with van der Waals surface area (Å²) in [5.41, 5.74) is 4.24. The number of halogens is 3. The van der Waals surface area contributed by atoms with E-state index in [1.807, 2.05) is 0 Å². The minimum absolute atomic E-state index is 0.861. The third-order valence-corrected chi connectivity index (χ3v) is 0. The van der Waals surface area contributed by atoms with Crippen LogP contribution < -0.4 is 5.73 Å². The van der Waals surface area contributed by atoms with Gasteiger partial charge in [-0.05, 0) is 34.8 Å². The van der Waals surface area contributed by atoms with Crippen LogP contribution in [0, 0.1) is 0 Å². The Balaban J connectivity index is 0. The van der Waals surface area contributed by atoms with E-state index in [9.17, 15) is 0 Å². The lowest BCUT2D eigenvalue weighted by Crippen LogP contribution is -1.94. The third-order valence-electron chi connectivity index (χ3n) is 0. The molecule has 0 unspecified atom stereocenters. The maximum Gasteiger partial charge on any atom is 0.313 e. The van der Waals surface area contributed by atoms with E-state index in [2.05, 4.69) is 40.5 Å². The Labute approximate surface area is 60.7 Å². The van der Waals surface area contributed by atoms with Crippen molar-refractivity contribution in [3.63, 3.8) is 0 Å². The largest absolute Gasteiger partial charge is 0.356 e. The number of hydrogen-bond acceptors (Lipinski definition) is 2. The molecule has 8 heavy (non-hydrogen) atoms. The Bertz CT molecular complexity index is 73.3. The number of carbonyl (C=O) groups excluding carboxylic acids is 2. The van der Waals surface area contributed by atoms with Gasteiger partial charge in [-0.3, -0.25) is 9.59 Å². The predicted octanol–water partition coefficient (Wildman–Crippen LogP) is 1.89. The molecule has 0 aliphatic heterocycles. The summed E-state index contributed by atoms with van der Waals surface area (Å²) in [6, 6.07) is 0. The van der Waals surface area contributed by atoms with E-state index in [1.165, 1.54) is 0 Å². The van der Waals surface area contributed by atoms with E-state index >= 15 is 0 Å². The van der Waals surface area contributed by atoms with Crippen LogP contribution in [0.1, 0.15) is 0 Å². The van der Waals surface area contributed by atoms with Crippen molar-refractivity contribution in [1.82, 2.24) is 0 Å². The minimum atomic E-state index is -0.889. The summed E-state index contributed by atoms with van der Waals surface area (Å²) < 4.78 is -0.889. The average molecular weight is 178 g/mol. The lowest BCUT2D eigenvalue weighted by Gasteiger charge is -1.56. The molecule has 0 aromatic carbocycles. The second-order valence-electron chi connectivity index (χ2n) is 0.530. The van der Waals surface area contributed by atoms with Gasteiger partial charge in [-0.15, -0.1) is 0 Å². The molecule has 48 valence electrons. The Hall–Kier alpha value is 0.01000.